The Labute approximate surface area is 173 Å². The minimum absolute atomic E-state index is 0.0668. The van der Waals surface area contributed by atoms with Crippen LogP contribution in [-0.2, 0) is 0 Å². The number of thiazole rings is 1. The lowest BCUT2D eigenvalue weighted by molar-refractivity contribution is 0.102. The number of rotatable bonds is 2. The number of amides is 1. The lowest BCUT2D eigenvalue weighted by Gasteiger charge is -2.05. The molecule has 3 aromatic carbocycles. The highest BCUT2D eigenvalue weighted by molar-refractivity contribution is 7.22. The van der Waals surface area contributed by atoms with Crippen LogP contribution in [0.5, 0.6) is 0 Å². The highest BCUT2D eigenvalue weighted by atomic mass is 35.5. The van der Waals surface area contributed by atoms with E-state index in [9.17, 15) is 9.59 Å². The molecule has 2 heterocycles. The first-order valence-corrected chi connectivity index (χ1v) is 10.0. The number of carbonyl (C=O) groups is 1. The summed E-state index contributed by atoms with van der Waals surface area (Å²) in [4.78, 5) is 29.7. The quantitative estimate of drug-likeness (QED) is 0.290. The maximum atomic E-state index is 12.8. The van der Waals surface area contributed by atoms with Gasteiger partial charge in [-0.2, -0.15) is 0 Å². The number of carbonyl (C=O) groups excluding carboxylic acids is 1. The summed E-state index contributed by atoms with van der Waals surface area (Å²) < 4.78 is 6.30. The maximum absolute atomic E-state index is 12.8. The van der Waals surface area contributed by atoms with Crippen LogP contribution in [0.25, 0.3) is 32.0 Å². The molecule has 5 nitrogen and oxygen atoms in total. The number of aryl methyl sites for hydroxylation is 1. The van der Waals surface area contributed by atoms with Gasteiger partial charge in [0, 0.05) is 10.4 Å². The standard InChI is InChI=1S/C22H13ClN2O3S/c1-11-16(23)7-9-18-19(11)24-22(29-18)25-20(26)15-10-14-13-5-3-2-4-12(13)6-8-17(14)28-21(15)27/h2-10H,1H3,(H,24,25,26). The van der Waals surface area contributed by atoms with E-state index in [0.717, 1.165) is 26.6 Å². The Morgan fingerprint density at radius 1 is 1.10 bits per heavy atom. The Bertz CT molecular complexity index is 1500. The van der Waals surface area contributed by atoms with Gasteiger partial charge in [-0.05, 0) is 47.5 Å². The van der Waals surface area contributed by atoms with Crippen LogP contribution in [-0.4, -0.2) is 10.9 Å². The molecule has 0 bridgehead atoms. The summed E-state index contributed by atoms with van der Waals surface area (Å²) in [5, 5.41) is 6.34. The van der Waals surface area contributed by atoms with E-state index < -0.39 is 11.5 Å². The first-order chi connectivity index (χ1) is 14.0. The van der Waals surface area contributed by atoms with Crippen LogP contribution in [0, 0.1) is 6.92 Å². The van der Waals surface area contributed by atoms with Crippen molar-refractivity contribution >= 4 is 65.9 Å². The lowest BCUT2D eigenvalue weighted by atomic mass is 10.0. The Morgan fingerprint density at radius 3 is 2.79 bits per heavy atom. The fourth-order valence-electron chi connectivity index (χ4n) is 3.35. The third kappa shape index (κ3) is 2.97. The smallest absolute Gasteiger partial charge is 0.349 e. The third-order valence-corrected chi connectivity index (χ3v) is 6.20. The Balaban J connectivity index is 1.59. The number of nitrogens with one attached hydrogen (secondary N) is 1. The number of anilines is 1. The summed E-state index contributed by atoms with van der Waals surface area (Å²) in [6, 6.07) is 16.6. The van der Waals surface area contributed by atoms with Gasteiger partial charge in [0.15, 0.2) is 5.13 Å². The number of aromatic nitrogens is 1. The van der Waals surface area contributed by atoms with Gasteiger partial charge in [0.1, 0.15) is 11.1 Å². The van der Waals surface area contributed by atoms with Crippen LogP contribution in [0.3, 0.4) is 0 Å². The van der Waals surface area contributed by atoms with Crippen molar-refractivity contribution < 1.29 is 9.21 Å². The van der Waals surface area contributed by atoms with Gasteiger partial charge in [0.2, 0.25) is 0 Å². The highest BCUT2D eigenvalue weighted by Gasteiger charge is 2.17. The minimum atomic E-state index is -0.689. The zero-order valence-corrected chi connectivity index (χ0v) is 16.7. The van der Waals surface area contributed by atoms with E-state index >= 15 is 0 Å². The first-order valence-electron chi connectivity index (χ1n) is 8.84. The molecule has 0 aliphatic heterocycles. The summed E-state index contributed by atoms with van der Waals surface area (Å²) in [6.07, 6.45) is 0. The monoisotopic (exact) mass is 420 g/mol. The molecule has 0 aliphatic rings. The van der Waals surface area contributed by atoms with Gasteiger partial charge in [0.05, 0.1) is 10.2 Å². The van der Waals surface area contributed by atoms with Crippen LogP contribution in [0.2, 0.25) is 5.02 Å². The molecule has 1 N–H and O–H groups in total. The molecule has 0 spiro atoms. The number of nitrogens with zero attached hydrogens (tertiary/aromatic N) is 1. The zero-order chi connectivity index (χ0) is 20.1. The average Bonchev–Trinajstić information content (AvgIpc) is 3.13. The summed E-state index contributed by atoms with van der Waals surface area (Å²) in [5.41, 5.74) is 1.26. The second-order valence-corrected chi connectivity index (χ2v) is 8.08. The lowest BCUT2D eigenvalue weighted by Crippen LogP contribution is -2.20. The summed E-state index contributed by atoms with van der Waals surface area (Å²) in [6.45, 7) is 1.87. The Hall–Kier alpha value is -3.22. The molecule has 142 valence electrons. The molecule has 0 aliphatic carbocycles. The van der Waals surface area contributed by atoms with Crippen molar-refractivity contribution in [3.63, 3.8) is 0 Å². The fraction of sp³-hybridized carbons (Fsp3) is 0.0455. The summed E-state index contributed by atoms with van der Waals surface area (Å²) >= 11 is 7.47. The molecule has 0 radical (unpaired) electrons. The number of benzene rings is 3. The number of fused-ring (bicyclic) bond motifs is 4. The number of hydrogen-bond acceptors (Lipinski definition) is 5. The molecule has 0 saturated heterocycles. The van der Waals surface area contributed by atoms with Crippen molar-refractivity contribution in [2.75, 3.05) is 5.32 Å². The van der Waals surface area contributed by atoms with Gasteiger partial charge < -0.3 is 4.42 Å². The van der Waals surface area contributed by atoms with E-state index in [1.54, 1.807) is 18.2 Å². The van der Waals surface area contributed by atoms with Crippen molar-refractivity contribution in [1.29, 1.82) is 0 Å². The van der Waals surface area contributed by atoms with Gasteiger partial charge in [0.25, 0.3) is 5.91 Å². The van der Waals surface area contributed by atoms with Gasteiger partial charge in [-0.15, -0.1) is 0 Å². The molecule has 0 unspecified atom stereocenters. The molecule has 2 aromatic heterocycles. The SMILES string of the molecule is Cc1c(Cl)ccc2sc(NC(=O)c3cc4c(ccc5ccccc54)oc3=O)nc12. The molecule has 0 saturated carbocycles. The maximum Gasteiger partial charge on any atom is 0.349 e. The van der Waals surface area contributed by atoms with E-state index in [1.807, 2.05) is 43.3 Å². The van der Waals surface area contributed by atoms with Gasteiger partial charge in [-0.25, -0.2) is 9.78 Å². The predicted octanol–water partition coefficient (Wildman–Crippen LogP) is 5.77. The van der Waals surface area contributed by atoms with Crippen molar-refractivity contribution in [2.24, 2.45) is 0 Å². The molecular formula is C22H13ClN2O3S. The molecule has 5 rings (SSSR count). The summed E-state index contributed by atoms with van der Waals surface area (Å²) in [7, 11) is 0. The second kappa shape index (κ2) is 6.69. The van der Waals surface area contributed by atoms with E-state index in [-0.39, 0.29) is 5.56 Å². The largest absolute Gasteiger partial charge is 0.422 e. The van der Waals surface area contributed by atoms with Crippen LogP contribution in [0.4, 0.5) is 5.13 Å². The number of hydrogen-bond donors (Lipinski definition) is 1. The minimum Gasteiger partial charge on any atom is -0.422 e. The second-order valence-electron chi connectivity index (χ2n) is 6.64. The average molecular weight is 421 g/mol. The van der Waals surface area contributed by atoms with Crippen LogP contribution in [0.15, 0.2) is 63.8 Å². The van der Waals surface area contributed by atoms with Gasteiger partial charge in [-0.1, -0.05) is 53.3 Å². The number of halogens is 1. The zero-order valence-electron chi connectivity index (χ0n) is 15.2. The van der Waals surface area contributed by atoms with Crippen molar-refractivity contribution in [2.45, 2.75) is 6.92 Å². The molecule has 0 atom stereocenters. The van der Waals surface area contributed by atoms with Crippen molar-refractivity contribution in [3.8, 4) is 0 Å². The predicted molar refractivity (Wildman–Crippen MR) is 117 cm³/mol. The molecule has 0 fully saturated rings. The van der Waals surface area contributed by atoms with Gasteiger partial charge in [-0.3, -0.25) is 10.1 Å². The molecule has 7 heteroatoms. The highest BCUT2D eigenvalue weighted by Crippen LogP contribution is 2.32. The van der Waals surface area contributed by atoms with E-state index in [0.29, 0.717) is 21.1 Å². The van der Waals surface area contributed by atoms with Crippen LogP contribution in [0.1, 0.15) is 15.9 Å². The topological polar surface area (TPSA) is 72.2 Å². The molecular weight excluding hydrogens is 408 g/mol. The van der Waals surface area contributed by atoms with E-state index in [4.69, 9.17) is 16.0 Å². The van der Waals surface area contributed by atoms with Crippen LogP contribution >= 0.6 is 22.9 Å². The Morgan fingerprint density at radius 2 is 1.93 bits per heavy atom. The third-order valence-electron chi connectivity index (χ3n) is 4.85. The first kappa shape index (κ1) is 17.8. The van der Waals surface area contributed by atoms with Crippen LogP contribution < -0.4 is 10.9 Å². The molecule has 1 amide bonds. The van der Waals surface area contributed by atoms with Gasteiger partial charge >= 0.3 is 5.63 Å². The van der Waals surface area contributed by atoms with E-state index in [1.165, 1.54) is 11.3 Å². The van der Waals surface area contributed by atoms with Crippen molar-refractivity contribution in [1.82, 2.24) is 4.98 Å². The summed E-state index contributed by atoms with van der Waals surface area (Å²) in [5.74, 6) is -0.559. The normalized spacial score (nSPS) is 11.4. The molecule has 29 heavy (non-hydrogen) atoms. The molecule has 5 aromatic rings. The van der Waals surface area contributed by atoms with Crippen molar-refractivity contribution in [3.05, 3.63) is 81.2 Å². The Kier molecular flexibility index (Phi) is 4.12. The van der Waals surface area contributed by atoms with E-state index in [2.05, 4.69) is 10.3 Å². The fourth-order valence-corrected chi connectivity index (χ4v) is 4.42.